The summed E-state index contributed by atoms with van der Waals surface area (Å²) in [5.74, 6) is -0.400. The molecule has 0 spiro atoms. The van der Waals surface area contributed by atoms with Gasteiger partial charge in [0.05, 0.1) is 0 Å². The van der Waals surface area contributed by atoms with Gasteiger partial charge in [-0.25, -0.2) is 9.59 Å². The summed E-state index contributed by atoms with van der Waals surface area (Å²) in [5.41, 5.74) is 0.855. The Bertz CT molecular complexity index is 940. The van der Waals surface area contributed by atoms with E-state index in [1.807, 2.05) is 18.2 Å². The van der Waals surface area contributed by atoms with Crippen LogP contribution in [0.15, 0.2) is 54.6 Å². The number of carbonyl (C=O) groups excluding carboxylic acids is 3. The molecule has 3 amide bonds. The monoisotopic (exact) mass is 398 g/mol. The molecule has 7 heteroatoms. The van der Waals surface area contributed by atoms with E-state index in [1.54, 1.807) is 43.3 Å². The van der Waals surface area contributed by atoms with Gasteiger partial charge >= 0.3 is 12.0 Å². The molecule has 2 N–H and O–H groups in total. The van der Waals surface area contributed by atoms with Crippen molar-refractivity contribution in [2.75, 3.05) is 0 Å². The summed E-state index contributed by atoms with van der Waals surface area (Å²) < 4.78 is 5.27. The molecule has 1 fully saturated rings. The van der Waals surface area contributed by atoms with E-state index < -0.39 is 17.5 Å². The highest BCUT2D eigenvalue weighted by Crippen LogP contribution is 2.20. The van der Waals surface area contributed by atoms with E-state index in [1.165, 1.54) is 6.08 Å². The molecule has 3 rings (SSSR count). The summed E-state index contributed by atoms with van der Waals surface area (Å²) in [6, 6.07) is 13.7. The Kier molecular flexibility index (Phi) is 5.80. The number of hydrogen-bond acceptors (Lipinski definition) is 4. The second-order valence-electron chi connectivity index (χ2n) is 6.69. The molecular formula is C21H19ClN2O4. The zero-order chi connectivity index (χ0) is 20.1. The molecule has 0 saturated carbocycles. The first-order valence-electron chi connectivity index (χ1n) is 8.72. The Morgan fingerprint density at radius 2 is 1.93 bits per heavy atom. The Morgan fingerprint density at radius 1 is 1.18 bits per heavy atom. The van der Waals surface area contributed by atoms with Crippen LogP contribution in [0.3, 0.4) is 0 Å². The third-order valence-corrected chi connectivity index (χ3v) is 4.67. The molecule has 0 aliphatic carbocycles. The van der Waals surface area contributed by atoms with Crippen LogP contribution < -0.4 is 15.4 Å². The maximum absolute atomic E-state index is 11.9. The standard InChI is InChI=1S/C21H19ClN2O4/c1-21(19(26)23-20(27)24-21)12-11-14-5-8-17(9-6-14)28-18(25)10-7-15-3-2-4-16(22)13-15/h2-10,13H,11-12H2,1H3,(H2,23,24,26,27)/b10-7+/t21-/m1/s1. The summed E-state index contributed by atoms with van der Waals surface area (Å²) in [7, 11) is 0. The highest BCUT2D eigenvalue weighted by Gasteiger charge is 2.41. The van der Waals surface area contributed by atoms with Crippen LogP contribution in [-0.2, 0) is 16.0 Å². The van der Waals surface area contributed by atoms with Crippen LogP contribution in [-0.4, -0.2) is 23.4 Å². The number of carbonyl (C=O) groups is 3. The molecule has 1 heterocycles. The number of halogens is 1. The number of ether oxygens (including phenoxy) is 1. The van der Waals surface area contributed by atoms with E-state index in [0.29, 0.717) is 23.6 Å². The van der Waals surface area contributed by atoms with Gasteiger partial charge in [-0.1, -0.05) is 35.9 Å². The minimum atomic E-state index is -0.909. The van der Waals surface area contributed by atoms with Gasteiger partial charge in [-0.2, -0.15) is 0 Å². The summed E-state index contributed by atoms with van der Waals surface area (Å²) in [6.45, 7) is 1.69. The normalized spacial score (nSPS) is 18.8. The minimum Gasteiger partial charge on any atom is -0.423 e. The highest BCUT2D eigenvalue weighted by atomic mass is 35.5. The Balaban J connectivity index is 1.53. The van der Waals surface area contributed by atoms with Crippen molar-refractivity contribution in [3.8, 4) is 5.75 Å². The van der Waals surface area contributed by atoms with Gasteiger partial charge < -0.3 is 10.1 Å². The molecule has 0 aromatic heterocycles. The van der Waals surface area contributed by atoms with Crippen LogP contribution in [0.2, 0.25) is 5.02 Å². The topological polar surface area (TPSA) is 84.5 Å². The number of benzene rings is 2. The summed E-state index contributed by atoms with van der Waals surface area (Å²) in [5, 5.41) is 5.47. The molecule has 144 valence electrons. The molecule has 28 heavy (non-hydrogen) atoms. The number of hydrogen-bond donors (Lipinski definition) is 2. The number of rotatable bonds is 6. The molecular weight excluding hydrogens is 380 g/mol. The van der Waals surface area contributed by atoms with Crippen molar-refractivity contribution in [3.63, 3.8) is 0 Å². The lowest BCUT2D eigenvalue weighted by atomic mass is 9.93. The van der Waals surface area contributed by atoms with Gasteiger partial charge in [-0.15, -0.1) is 0 Å². The zero-order valence-corrected chi connectivity index (χ0v) is 16.0. The molecule has 2 aromatic carbocycles. The lowest BCUT2D eigenvalue weighted by Crippen LogP contribution is -2.43. The fourth-order valence-electron chi connectivity index (χ4n) is 2.80. The highest BCUT2D eigenvalue weighted by molar-refractivity contribution is 6.30. The van der Waals surface area contributed by atoms with Crippen molar-refractivity contribution in [2.24, 2.45) is 0 Å². The van der Waals surface area contributed by atoms with Gasteiger partial charge in [0.2, 0.25) is 0 Å². The maximum Gasteiger partial charge on any atom is 0.336 e. The van der Waals surface area contributed by atoms with Gasteiger partial charge in [0.15, 0.2) is 0 Å². The number of esters is 1. The van der Waals surface area contributed by atoms with Crippen LogP contribution in [0.4, 0.5) is 4.79 Å². The van der Waals surface area contributed by atoms with E-state index in [9.17, 15) is 14.4 Å². The fraction of sp³-hybridized carbons (Fsp3) is 0.190. The molecule has 6 nitrogen and oxygen atoms in total. The second kappa shape index (κ2) is 8.27. The van der Waals surface area contributed by atoms with Crippen molar-refractivity contribution in [1.29, 1.82) is 0 Å². The van der Waals surface area contributed by atoms with E-state index in [0.717, 1.165) is 11.1 Å². The van der Waals surface area contributed by atoms with Crippen LogP contribution in [0.5, 0.6) is 5.75 Å². The van der Waals surface area contributed by atoms with Crippen molar-refractivity contribution >= 4 is 35.6 Å². The van der Waals surface area contributed by atoms with Gasteiger partial charge in [-0.3, -0.25) is 10.1 Å². The van der Waals surface area contributed by atoms with E-state index in [2.05, 4.69) is 10.6 Å². The van der Waals surface area contributed by atoms with Crippen LogP contribution in [0.25, 0.3) is 6.08 Å². The Labute approximate surface area is 167 Å². The number of urea groups is 1. The third kappa shape index (κ3) is 4.98. The average molecular weight is 399 g/mol. The van der Waals surface area contributed by atoms with Crippen molar-refractivity contribution < 1.29 is 19.1 Å². The molecule has 2 aromatic rings. The predicted octanol–water partition coefficient (Wildman–Crippen LogP) is 3.49. The fourth-order valence-corrected chi connectivity index (χ4v) is 3.00. The summed E-state index contributed by atoms with van der Waals surface area (Å²) in [6.07, 6.45) is 4.02. The first-order valence-corrected chi connectivity index (χ1v) is 9.10. The second-order valence-corrected chi connectivity index (χ2v) is 7.13. The third-order valence-electron chi connectivity index (χ3n) is 4.43. The lowest BCUT2D eigenvalue weighted by Gasteiger charge is -2.20. The zero-order valence-electron chi connectivity index (χ0n) is 15.2. The number of nitrogens with one attached hydrogen (secondary N) is 2. The first kappa shape index (κ1) is 19.6. The van der Waals surface area contributed by atoms with Gasteiger partial charge in [0, 0.05) is 11.1 Å². The molecule has 0 radical (unpaired) electrons. The average Bonchev–Trinajstić information content (AvgIpc) is 2.91. The van der Waals surface area contributed by atoms with Gasteiger partial charge in [0.25, 0.3) is 5.91 Å². The van der Waals surface area contributed by atoms with Gasteiger partial charge in [0.1, 0.15) is 11.3 Å². The summed E-state index contributed by atoms with van der Waals surface area (Å²) in [4.78, 5) is 35.0. The quantitative estimate of drug-likeness (QED) is 0.337. The molecule has 1 aliphatic heterocycles. The van der Waals surface area contributed by atoms with Crippen LogP contribution in [0.1, 0.15) is 24.5 Å². The first-order chi connectivity index (χ1) is 13.3. The largest absolute Gasteiger partial charge is 0.423 e. The number of aryl methyl sites for hydroxylation is 1. The number of imide groups is 1. The lowest BCUT2D eigenvalue weighted by molar-refractivity contribution is -0.129. The molecule has 0 bridgehead atoms. The van der Waals surface area contributed by atoms with E-state index >= 15 is 0 Å². The van der Waals surface area contributed by atoms with Crippen molar-refractivity contribution in [2.45, 2.75) is 25.3 Å². The SMILES string of the molecule is C[C@]1(CCc2ccc(OC(=O)/C=C/c3cccc(Cl)c3)cc2)NC(=O)NC1=O. The summed E-state index contributed by atoms with van der Waals surface area (Å²) >= 11 is 5.90. The van der Waals surface area contributed by atoms with E-state index in [4.69, 9.17) is 16.3 Å². The Morgan fingerprint density at radius 3 is 2.57 bits per heavy atom. The number of amides is 3. The van der Waals surface area contributed by atoms with E-state index in [-0.39, 0.29) is 5.91 Å². The smallest absolute Gasteiger partial charge is 0.336 e. The molecule has 1 atom stereocenters. The Hall–Kier alpha value is -3.12. The van der Waals surface area contributed by atoms with Crippen molar-refractivity contribution in [3.05, 3.63) is 70.8 Å². The predicted molar refractivity (Wildman–Crippen MR) is 106 cm³/mol. The van der Waals surface area contributed by atoms with Crippen LogP contribution in [0, 0.1) is 0 Å². The minimum absolute atomic E-state index is 0.324. The molecule has 0 unspecified atom stereocenters. The van der Waals surface area contributed by atoms with Crippen molar-refractivity contribution in [1.82, 2.24) is 10.6 Å². The maximum atomic E-state index is 11.9. The molecule has 1 aliphatic rings. The van der Waals surface area contributed by atoms with Crippen LogP contribution >= 0.6 is 11.6 Å². The molecule has 1 saturated heterocycles. The van der Waals surface area contributed by atoms with Gasteiger partial charge in [-0.05, 0) is 61.2 Å².